The molecule has 0 aliphatic heterocycles. The molecule has 7 nitrogen and oxygen atoms in total. The smallest absolute Gasteiger partial charge is 0.325 e. The monoisotopic (exact) mass is 328 g/mol. The molecule has 0 saturated heterocycles. The number of aryl methyl sites for hydroxylation is 2. The van der Waals surface area contributed by atoms with Gasteiger partial charge in [-0.1, -0.05) is 6.07 Å². The predicted molar refractivity (Wildman–Crippen MR) is 90.2 cm³/mol. The Bertz CT molecular complexity index is 726. The first kappa shape index (κ1) is 17.4. The lowest BCUT2D eigenvalue weighted by molar-refractivity contribution is -0.141. The van der Waals surface area contributed by atoms with Gasteiger partial charge in [-0.3, -0.25) is 9.59 Å². The highest BCUT2D eigenvalue weighted by Gasteiger charge is 2.09. The van der Waals surface area contributed by atoms with E-state index < -0.39 is 5.97 Å². The summed E-state index contributed by atoms with van der Waals surface area (Å²) in [7, 11) is 0. The molecule has 0 saturated carbocycles. The Morgan fingerprint density at radius 2 is 1.83 bits per heavy atom. The third-order valence-electron chi connectivity index (χ3n) is 3.06. The van der Waals surface area contributed by atoms with E-state index in [2.05, 4.69) is 20.6 Å². The highest BCUT2D eigenvalue weighted by atomic mass is 16.5. The van der Waals surface area contributed by atoms with Crippen LogP contribution in [-0.4, -0.2) is 35.0 Å². The van der Waals surface area contributed by atoms with Crippen LogP contribution in [0.15, 0.2) is 30.3 Å². The first-order chi connectivity index (χ1) is 11.5. The van der Waals surface area contributed by atoms with Gasteiger partial charge in [0.25, 0.3) is 5.91 Å². The quantitative estimate of drug-likeness (QED) is 0.789. The van der Waals surface area contributed by atoms with Crippen LogP contribution in [0.25, 0.3) is 0 Å². The standard InChI is InChI=1S/C17H20N4O3/c1-4-24-15(22)10-18-16(23)13-6-5-7-14(9-13)21-17-19-11(2)8-12(3)20-17/h5-9H,4,10H2,1-3H3,(H,18,23)(H,19,20,21). The van der Waals surface area contributed by atoms with Gasteiger partial charge in [0.1, 0.15) is 6.54 Å². The van der Waals surface area contributed by atoms with Crippen molar-refractivity contribution >= 4 is 23.5 Å². The average Bonchev–Trinajstić information content (AvgIpc) is 2.52. The van der Waals surface area contributed by atoms with E-state index in [1.165, 1.54) is 0 Å². The number of hydrogen-bond donors (Lipinski definition) is 2. The minimum absolute atomic E-state index is 0.162. The summed E-state index contributed by atoms with van der Waals surface area (Å²) < 4.78 is 4.77. The molecule has 2 aromatic rings. The van der Waals surface area contributed by atoms with E-state index in [4.69, 9.17) is 4.74 Å². The van der Waals surface area contributed by atoms with Gasteiger partial charge in [0.15, 0.2) is 0 Å². The molecule has 2 N–H and O–H groups in total. The molecule has 0 fully saturated rings. The summed E-state index contributed by atoms with van der Waals surface area (Å²) in [5, 5.41) is 5.59. The molecule has 126 valence electrons. The minimum Gasteiger partial charge on any atom is -0.465 e. The van der Waals surface area contributed by atoms with Crippen LogP contribution < -0.4 is 10.6 Å². The van der Waals surface area contributed by atoms with Crippen molar-refractivity contribution in [2.24, 2.45) is 0 Å². The molecule has 24 heavy (non-hydrogen) atoms. The Labute approximate surface area is 140 Å². The molecule has 1 aromatic carbocycles. The molecule has 1 aromatic heterocycles. The molecule has 7 heteroatoms. The maximum atomic E-state index is 12.1. The van der Waals surface area contributed by atoms with Gasteiger partial charge in [-0.25, -0.2) is 9.97 Å². The van der Waals surface area contributed by atoms with E-state index in [1.54, 1.807) is 25.1 Å². The number of nitrogens with zero attached hydrogens (tertiary/aromatic N) is 2. The summed E-state index contributed by atoms with van der Waals surface area (Å²) in [5.74, 6) is -0.353. The number of hydrogen-bond acceptors (Lipinski definition) is 6. The third-order valence-corrected chi connectivity index (χ3v) is 3.06. The fourth-order valence-corrected chi connectivity index (χ4v) is 2.12. The predicted octanol–water partition coefficient (Wildman–Crippen LogP) is 2.13. The number of esters is 1. The lowest BCUT2D eigenvalue weighted by Crippen LogP contribution is -2.30. The van der Waals surface area contributed by atoms with Crippen molar-refractivity contribution in [1.82, 2.24) is 15.3 Å². The van der Waals surface area contributed by atoms with Gasteiger partial charge in [-0.05, 0) is 45.0 Å². The van der Waals surface area contributed by atoms with E-state index in [0.29, 0.717) is 17.2 Å². The van der Waals surface area contributed by atoms with Gasteiger partial charge in [-0.2, -0.15) is 0 Å². The maximum Gasteiger partial charge on any atom is 0.325 e. The molecule has 1 heterocycles. The third kappa shape index (κ3) is 5.05. The highest BCUT2D eigenvalue weighted by molar-refractivity contribution is 5.96. The summed E-state index contributed by atoms with van der Waals surface area (Å²) in [6.07, 6.45) is 0. The summed E-state index contributed by atoms with van der Waals surface area (Å²) in [6.45, 7) is 5.61. The van der Waals surface area contributed by atoms with Gasteiger partial charge in [0, 0.05) is 22.6 Å². The van der Waals surface area contributed by atoms with Crippen molar-refractivity contribution in [1.29, 1.82) is 0 Å². The number of amides is 1. The van der Waals surface area contributed by atoms with Crippen molar-refractivity contribution in [3.05, 3.63) is 47.3 Å². The van der Waals surface area contributed by atoms with Crippen LogP contribution in [0, 0.1) is 13.8 Å². The maximum absolute atomic E-state index is 12.1. The Kier molecular flexibility index (Phi) is 5.83. The summed E-state index contributed by atoms with van der Waals surface area (Å²) in [6, 6.07) is 8.76. The molecule has 0 bridgehead atoms. The number of aromatic nitrogens is 2. The summed E-state index contributed by atoms with van der Waals surface area (Å²) >= 11 is 0. The van der Waals surface area contributed by atoms with Crippen LogP contribution in [-0.2, 0) is 9.53 Å². The molecular weight excluding hydrogens is 308 g/mol. The van der Waals surface area contributed by atoms with Crippen LogP contribution >= 0.6 is 0 Å². The molecular formula is C17H20N4O3. The topological polar surface area (TPSA) is 93.2 Å². The lowest BCUT2D eigenvalue weighted by Gasteiger charge is -2.09. The van der Waals surface area contributed by atoms with Crippen molar-refractivity contribution in [2.75, 3.05) is 18.5 Å². The molecule has 1 amide bonds. The second-order valence-electron chi connectivity index (χ2n) is 5.17. The Morgan fingerprint density at radius 3 is 2.50 bits per heavy atom. The molecule has 0 aliphatic rings. The number of nitrogens with one attached hydrogen (secondary N) is 2. The van der Waals surface area contributed by atoms with Gasteiger partial charge in [0.05, 0.1) is 6.61 Å². The number of carbonyl (C=O) groups excluding carboxylic acids is 2. The van der Waals surface area contributed by atoms with Gasteiger partial charge < -0.3 is 15.4 Å². The number of anilines is 2. The van der Waals surface area contributed by atoms with Gasteiger partial charge in [-0.15, -0.1) is 0 Å². The first-order valence-corrected chi connectivity index (χ1v) is 7.61. The minimum atomic E-state index is -0.469. The number of rotatable bonds is 6. The molecule has 0 radical (unpaired) electrons. The largest absolute Gasteiger partial charge is 0.465 e. The second-order valence-corrected chi connectivity index (χ2v) is 5.17. The Morgan fingerprint density at radius 1 is 1.12 bits per heavy atom. The van der Waals surface area contributed by atoms with Crippen LogP contribution in [0.5, 0.6) is 0 Å². The average molecular weight is 328 g/mol. The fraction of sp³-hybridized carbons (Fsp3) is 0.294. The zero-order chi connectivity index (χ0) is 17.5. The van der Waals surface area contributed by atoms with E-state index in [1.807, 2.05) is 26.0 Å². The molecule has 2 rings (SSSR count). The fourth-order valence-electron chi connectivity index (χ4n) is 2.12. The van der Waals surface area contributed by atoms with E-state index in [-0.39, 0.29) is 19.1 Å². The number of benzene rings is 1. The SMILES string of the molecule is CCOC(=O)CNC(=O)c1cccc(Nc2nc(C)cc(C)n2)c1. The van der Waals surface area contributed by atoms with Crippen molar-refractivity contribution in [3.63, 3.8) is 0 Å². The molecule has 0 unspecified atom stereocenters. The molecule has 0 spiro atoms. The molecule has 0 atom stereocenters. The normalized spacial score (nSPS) is 10.1. The van der Waals surface area contributed by atoms with Crippen molar-refractivity contribution in [3.8, 4) is 0 Å². The summed E-state index contributed by atoms with van der Waals surface area (Å²) in [5.41, 5.74) is 2.82. The van der Waals surface area contributed by atoms with Gasteiger partial charge >= 0.3 is 5.97 Å². The van der Waals surface area contributed by atoms with E-state index >= 15 is 0 Å². The zero-order valence-corrected chi connectivity index (χ0v) is 13.9. The van der Waals surface area contributed by atoms with E-state index in [9.17, 15) is 9.59 Å². The van der Waals surface area contributed by atoms with Gasteiger partial charge in [0.2, 0.25) is 5.95 Å². The Balaban J connectivity index is 2.05. The number of ether oxygens (including phenoxy) is 1. The van der Waals surface area contributed by atoms with Crippen molar-refractivity contribution < 1.29 is 14.3 Å². The van der Waals surface area contributed by atoms with Crippen molar-refractivity contribution in [2.45, 2.75) is 20.8 Å². The van der Waals surface area contributed by atoms with Crippen LogP contribution in [0.4, 0.5) is 11.6 Å². The second kappa shape index (κ2) is 8.05. The van der Waals surface area contributed by atoms with Crippen LogP contribution in [0.1, 0.15) is 28.7 Å². The van der Waals surface area contributed by atoms with Crippen LogP contribution in [0.3, 0.4) is 0 Å². The zero-order valence-electron chi connectivity index (χ0n) is 13.9. The highest BCUT2D eigenvalue weighted by Crippen LogP contribution is 2.15. The molecule has 0 aliphatic carbocycles. The summed E-state index contributed by atoms with van der Waals surface area (Å²) in [4.78, 5) is 32.0. The van der Waals surface area contributed by atoms with Crippen LogP contribution in [0.2, 0.25) is 0 Å². The Hall–Kier alpha value is -2.96. The van der Waals surface area contributed by atoms with E-state index in [0.717, 1.165) is 11.4 Å². The number of carbonyl (C=O) groups is 2. The lowest BCUT2D eigenvalue weighted by atomic mass is 10.2. The first-order valence-electron chi connectivity index (χ1n) is 7.61.